The van der Waals surface area contributed by atoms with Crippen molar-refractivity contribution < 1.29 is 14.3 Å². The molecule has 0 saturated heterocycles. The highest BCUT2D eigenvalue weighted by Gasteiger charge is 2.47. The number of nitrogens with one attached hydrogen (secondary N) is 1. The van der Waals surface area contributed by atoms with Crippen LogP contribution in [-0.2, 0) is 21.5 Å². The Bertz CT molecular complexity index is 726. The minimum Gasteiger partial charge on any atom is -0.497 e. The second-order valence-corrected chi connectivity index (χ2v) is 6.19. The third kappa shape index (κ3) is 2.78. The molecule has 24 heavy (non-hydrogen) atoms. The SMILES string of the molecule is COC(=O)C1(N[C@@H](C)c2ccc(OC)cc2)CCc2ccccc21. The highest BCUT2D eigenvalue weighted by atomic mass is 16.5. The van der Waals surface area contributed by atoms with E-state index in [1.807, 2.05) is 42.5 Å². The first-order valence-electron chi connectivity index (χ1n) is 8.19. The summed E-state index contributed by atoms with van der Waals surface area (Å²) < 4.78 is 10.4. The Morgan fingerprint density at radius 2 is 1.83 bits per heavy atom. The molecule has 4 heteroatoms. The lowest BCUT2D eigenvalue weighted by atomic mass is 9.90. The highest BCUT2D eigenvalue weighted by Crippen LogP contribution is 2.39. The van der Waals surface area contributed by atoms with Gasteiger partial charge in [-0.2, -0.15) is 0 Å². The summed E-state index contributed by atoms with van der Waals surface area (Å²) >= 11 is 0. The molecule has 2 aromatic rings. The smallest absolute Gasteiger partial charge is 0.330 e. The number of carbonyl (C=O) groups excluding carboxylic acids is 1. The van der Waals surface area contributed by atoms with E-state index in [0.29, 0.717) is 6.42 Å². The fourth-order valence-electron chi connectivity index (χ4n) is 3.55. The Balaban J connectivity index is 1.92. The summed E-state index contributed by atoms with van der Waals surface area (Å²) in [7, 11) is 3.10. The van der Waals surface area contributed by atoms with Gasteiger partial charge in [0.2, 0.25) is 0 Å². The fourth-order valence-corrected chi connectivity index (χ4v) is 3.55. The quantitative estimate of drug-likeness (QED) is 0.856. The maximum Gasteiger partial charge on any atom is 0.330 e. The summed E-state index contributed by atoms with van der Waals surface area (Å²) in [4.78, 5) is 12.7. The number of carbonyl (C=O) groups is 1. The van der Waals surface area contributed by atoms with Crippen molar-refractivity contribution >= 4 is 5.97 Å². The zero-order valence-corrected chi connectivity index (χ0v) is 14.3. The number of hydrogen-bond donors (Lipinski definition) is 1. The van der Waals surface area contributed by atoms with Gasteiger partial charge in [-0.3, -0.25) is 5.32 Å². The van der Waals surface area contributed by atoms with Gasteiger partial charge in [0.25, 0.3) is 0 Å². The second-order valence-electron chi connectivity index (χ2n) is 6.19. The van der Waals surface area contributed by atoms with E-state index in [4.69, 9.17) is 9.47 Å². The van der Waals surface area contributed by atoms with Crippen LogP contribution in [-0.4, -0.2) is 20.2 Å². The summed E-state index contributed by atoms with van der Waals surface area (Å²) in [6, 6.07) is 16.0. The molecule has 0 heterocycles. The van der Waals surface area contributed by atoms with Crippen LogP contribution in [0.2, 0.25) is 0 Å². The van der Waals surface area contributed by atoms with Crippen molar-refractivity contribution in [3.63, 3.8) is 0 Å². The summed E-state index contributed by atoms with van der Waals surface area (Å²) in [6.07, 6.45) is 1.58. The molecule has 0 amide bonds. The van der Waals surface area contributed by atoms with Gasteiger partial charge in [0.05, 0.1) is 14.2 Å². The Morgan fingerprint density at radius 3 is 2.50 bits per heavy atom. The van der Waals surface area contributed by atoms with Gasteiger partial charge in [-0.05, 0) is 48.6 Å². The Labute approximate surface area is 142 Å². The van der Waals surface area contributed by atoms with Crippen LogP contribution in [0.4, 0.5) is 0 Å². The van der Waals surface area contributed by atoms with Gasteiger partial charge in [0, 0.05) is 6.04 Å². The predicted octanol–water partition coefficient (Wildman–Crippen LogP) is 3.36. The zero-order valence-electron chi connectivity index (χ0n) is 14.3. The molecule has 0 spiro atoms. The number of hydrogen-bond acceptors (Lipinski definition) is 4. The van der Waals surface area contributed by atoms with E-state index in [0.717, 1.165) is 23.3 Å². The molecule has 2 aromatic carbocycles. The van der Waals surface area contributed by atoms with Gasteiger partial charge in [0.1, 0.15) is 11.3 Å². The first-order valence-corrected chi connectivity index (χ1v) is 8.19. The van der Waals surface area contributed by atoms with Crippen molar-refractivity contribution in [2.45, 2.75) is 31.3 Å². The average Bonchev–Trinajstić information content (AvgIpc) is 3.01. The number of ether oxygens (including phenoxy) is 2. The van der Waals surface area contributed by atoms with Crippen LogP contribution in [0.15, 0.2) is 48.5 Å². The lowest BCUT2D eigenvalue weighted by Gasteiger charge is -2.32. The number of aryl methyl sites for hydroxylation is 1. The van der Waals surface area contributed by atoms with E-state index >= 15 is 0 Å². The Morgan fingerprint density at radius 1 is 1.12 bits per heavy atom. The highest BCUT2D eigenvalue weighted by molar-refractivity contribution is 5.84. The van der Waals surface area contributed by atoms with Crippen LogP contribution in [0.3, 0.4) is 0 Å². The second kappa shape index (κ2) is 6.65. The van der Waals surface area contributed by atoms with Crippen molar-refractivity contribution in [2.75, 3.05) is 14.2 Å². The molecule has 1 N–H and O–H groups in total. The Hall–Kier alpha value is -2.33. The third-order valence-corrected chi connectivity index (χ3v) is 4.86. The molecule has 1 unspecified atom stereocenters. The van der Waals surface area contributed by atoms with E-state index in [1.54, 1.807) is 7.11 Å². The van der Waals surface area contributed by atoms with Crippen molar-refractivity contribution in [3.05, 3.63) is 65.2 Å². The number of benzene rings is 2. The van der Waals surface area contributed by atoms with Crippen LogP contribution in [0.5, 0.6) is 5.75 Å². The number of esters is 1. The number of methoxy groups -OCH3 is 2. The van der Waals surface area contributed by atoms with Gasteiger partial charge in [-0.15, -0.1) is 0 Å². The van der Waals surface area contributed by atoms with E-state index in [-0.39, 0.29) is 12.0 Å². The molecule has 0 radical (unpaired) electrons. The lowest BCUT2D eigenvalue weighted by Crippen LogP contribution is -2.49. The molecule has 3 rings (SSSR count). The Kier molecular flexibility index (Phi) is 4.58. The van der Waals surface area contributed by atoms with Gasteiger partial charge in [0.15, 0.2) is 0 Å². The topological polar surface area (TPSA) is 47.6 Å². The first-order chi connectivity index (χ1) is 11.6. The van der Waals surface area contributed by atoms with Crippen molar-refractivity contribution in [1.82, 2.24) is 5.32 Å². The zero-order chi connectivity index (χ0) is 17.2. The third-order valence-electron chi connectivity index (χ3n) is 4.86. The molecule has 126 valence electrons. The van der Waals surface area contributed by atoms with Crippen LogP contribution < -0.4 is 10.1 Å². The predicted molar refractivity (Wildman–Crippen MR) is 93.0 cm³/mol. The summed E-state index contributed by atoms with van der Waals surface area (Å²) in [5, 5.41) is 3.54. The van der Waals surface area contributed by atoms with Gasteiger partial charge >= 0.3 is 5.97 Å². The maximum atomic E-state index is 12.7. The van der Waals surface area contributed by atoms with E-state index < -0.39 is 5.54 Å². The molecule has 1 aliphatic carbocycles. The molecule has 0 aliphatic heterocycles. The number of fused-ring (bicyclic) bond motifs is 1. The van der Waals surface area contributed by atoms with Crippen LogP contribution in [0.1, 0.15) is 36.1 Å². The van der Waals surface area contributed by atoms with Crippen molar-refractivity contribution in [2.24, 2.45) is 0 Å². The monoisotopic (exact) mass is 325 g/mol. The van der Waals surface area contributed by atoms with Gasteiger partial charge in [-0.1, -0.05) is 36.4 Å². The maximum absolute atomic E-state index is 12.7. The van der Waals surface area contributed by atoms with Gasteiger partial charge < -0.3 is 9.47 Å². The van der Waals surface area contributed by atoms with Gasteiger partial charge in [-0.25, -0.2) is 4.79 Å². The number of rotatable bonds is 5. The molecule has 0 fully saturated rings. The van der Waals surface area contributed by atoms with Crippen LogP contribution in [0, 0.1) is 0 Å². The van der Waals surface area contributed by atoms with Crippen molar-refractivity contribution in [3.8, 4) is 5.75 Å². The summed E-state index contributed by atoms with van der Waals surface area (Å²) in [6.45, 7) is 2.06. The van der Waals surface area contributed by atoms with Crippen LogP contribution in [0.25, 0.3) is 0 Å². The van der Waals surface area contributed by atoms with E-state index in [2.05, 4.69) is 18.3 Å². The first kappa shape index (κ1) is 16.5. The standard InChI is InChI=1S/C20H23NO3/c1-14(15-8-10-17(23-2)11-9-15)21-20(19(22)24-3)13-12-16-6-4-5-7-18(16)20/h4-11,14,21H,12-13H2,1-3H3/t14-,20?/m0/s1. The molecular weight excluding hydrogens is 302 g/mol. The largest absolute Gasteiger partial charge is 0.497 e. The fraction of sp³-hybridized carbons (Fsp3) is 0.350. The average molecular weight is 325 g/mol. The normalized spacial score (nSPS) is 20.3. The molecule has 0 saturated carbocycles. The molecule has 0 aromatic heterocycles. The minimum absolute atomic E-state index is 0.00108. The van der Waals surface area contributed by atoms with E-state index in [9.17, 15) is 4.79 Å². The molecule has 2 atom stereocenters. The molecule has 0 bridgehead atoms. The summed E-state index contributed by atoms with van der Waals surface area (Å²) in [5.74, 6) is 0.590. The minimum atomic E-state index is -0.787. The van der Waals surface area contributed by atoms with Crippen LogP contribution >= 0.6 is 0 Å². The van der Waals surface area contributed by atoms with E-state index in [1.165, 1.54) is 12.7 Å². The molecule has 1 aliphatic rings. The molecular formula is C20H23NO3. The molecule has 4 nitrogen and oxygen atoms in total. The van der Waals surface area contributed by atoms with Crippen molar-refractivity contribution in [1.29, 1.82) is 0 Å². The lowest BCUT2D eigenvalue weighted by molar-refractivity contribution is -0.149. The summed E-state index contributed by atoms with van der Waals surface area (Å²) in [5.41, 5.74) is 2.54.